The monoisotopic (exact) mass is 284 g/mol. The highest BCUT2D eigenvalue weighted by molar-refractivity contribution is 8.01. The maximum absolute atomic E-state index is 12.1. The Labute approximate surface area is 117 Å². The predicted octanol–water partition coefficient (Wildman–Crippen LogP) is 3.34. The molecule has 1 amide bonds. The van der Waals surface area contributed by atoms with Crippen molar-refractivity contribution in [1.82, 2.24) is 9.88 Å². The van der Waals surface area contributed by atoms with Crippen molar-refractivity contribution in [2.45, 2.75) is 43.4 Å². The number of hydrogen-bond donors (Lipinski definition) is 0. The molecule has 18 heavy (non-hydrogen) atoms. The first kappa shape index (κ1) is 13.9. The van der Waals surface area contributed by atoms with Gasteiger partial charge in [-0.15, -0.1) is 11.3 Å². The van der Waals surface area contributed by atoms with Crippen LogP contribution in [0.1, 0.15) is 37.8 Å². The van der Waals surface area contributed by atoms with Crippen molar-refractivity contribution in [3.8, 4) is 0 Å². The number of likely N-dealkylation sites (tertiary alicyclic amines) is 1. The van der Waals surface area contributed by atoms with E-state index in [0.29, 0.717) is 5.75 Å². The van der Waals surface area contributed by atoms with Gasteiger partial charge in [-0.2, -0.15) is 0 Å². The Bertz CT molecular complexity index is 384. The molecular formula is C13H20N2OS2. The summed E-state index contributed by atoms with van der Waals surface area (Å²) in [6.07, 6.45) is 6.18. The molecule has 2 rings (SSSR count). The number of hydrogen-bond acceptors (Lipinski definition) is 4. The lowest BCUT2D eigenvalue weighted by atomic mass is 10.1. The topological polar surface area (TPSA) is 33.2 Å². The Balaban J connectivity index is 1.79. The van der Waals surface area contributed by atoms with Gasteiger partial charge in [0.2, 0.25) is 5.91 Å². The van der Waals surface area contributed by atoms with Gasteiger partial charge in [-0.3, -0.25) is 4.79 Å². The zero-order chi connectivity index (χ0) is 12.8. The van der Waals surface area contributed by atoms with Gasteiger partial charge in [-0.25, -0.2) is 4.98 Å². The minimum atomic E-state index is 0.273. The molecule has 1 fully saturated rings. The first-order valence-electron chi connectivity index (χ1n) is 6.58. The highest BCUT2D eigenvalue weighted by Crippen LogP contribution is 2.23. The minimum absolute atomic E-state index is 0.273. The number of rotatable bonds is 3. The number of amides is 1. The number of aromatic nitrogens is 1. The van der Waals surface area contributed by atoms with Gasteiger partial charge in [0.15, 0.2) is 4.34 Å². The summed E-state index contributed by atoms with van der Waals surface area (Å²) in [6, 6.07) is 0. The molecule has 1 aromatic heterocycles. The molecule has 0 unspecified atom stereocenters. The van der Waals surface area contributed by atoms with Crippen LogP contribution in [-0.4, -0.2) is 34.6 Å². The zero-order valence-corrected chi connectivity index (χ0v) is 12.5. The molecule has 0 bridgehead atoms. The number of thioether (sulfide) groups is 1. The smallest absolute Gasteiger partial charge is 0.233 e. The number of carbonyl (C=O) groups is 1. The molecule has 0 aliphatic carbocycles. The standard InChI is InChI=1S/C13H20N2OS2/c1-11-9-17-13(14-11)18-10-12(16)15-7-5-3-2-4-6-8-15/h9H,2-8,10H2,1H3. The SMILES string of the molecule is Cc1csc(SCC(=O)N2CCCCCCC2)n1. The third kappa shape index (κ3) is 4.28. The summed E-state index contributed by atoms with van der Waals surface area (Å²) in [6.45, 7) is 3.87. The molecule has 0 radical (unpaired) electrons. The summed E-state index contributed by atoms with van der Waals surface area (Å²) in [4.78, 5) is 18.5. The molecule has 3 nitrogen and oxygen atoms in total. The largest absolute Gasteiger partial charge is 0.342 e. The van der Waals surface area contributed by atoms with Crippen molar-refractivity contribution in [1.29, 1.82) is 0 Å². The Morgan fingerprint density at radius 2 is 2.00 bits per heavy atom. The molecule has 1 saturated heterocycles. The quantitative estimate of drug-likeness (QED) is 0.798. The fraction of sp³-hybridized carbons (Fsp3) is 0.692. The summed E-state index contributed by atoms with van der Waals surface area (Å²) in [5.41, 5.74) is 1.04. The van der Waals surface area contributed by atoms with Crippen molar-refractivity contribution >= 4 is 29.0 Å². The van der Waals surface area contributed by atoms with Crippen molar-refractivity contribution in [3.63, 3.8) is 0 Å². The van der Waals surface area contributed by atoms with Crippen LogP contribution in [0.25, 0.3) is 0 Å². The maximum Gasteiger partial charge on any atom is 0.233 e. The highest BCUT2D eigenvalue weighted by Gasteiger charge is 2.15. The molecule has 0 saturated carbocycles. The molecule has 1 aliphatic rings. The third-order valence-electron chi connectivity index (χ3n) is 3.13. The Kier molecular flexibility index (Phi) is 5.50. The van der Waals surface area contributed by atoms with E-state index in [1.54, 1.807) is 23.1 Å². The van der Waals surface area contributed by atoms with Crippen molar-refractivity contribution in [2.75, 3.05) is 18.8 Å². The molecule has 1 aliphatic heterocycles. The van der Waals surface area contributed by atoms with Gasteiger partial charge >= 0.3 is 0 Å². The van der Waals surface area contributed by atoms with E-state index in [-0.39, 0.29) is 5.91 Å². The first-order chi connectivity index (χ1) is 8.75. The van der Waals surface area contributed by atoms with Crippen LogP contribution in [0.5, 0.6) is 0 Å². The summed E-state index contributed by atoms with van der Waals surface area (Å²) in [7, 11) is 0. The molecule has 100 valence electrons. The first-order valence-corrected chi connectivity index (χ1v) is 8.45. The molecule has 5 heteroatoms. The molecule has 0 N–H and O–H groups in total. The molecule has 1 aromatic rings. The van der Waals surface area contributed by atoms with Crippen molar-refractivity contribution < 1.29 is 4.79 Å². The van der Waals surface area contributed by atoms with Crippen LogP contribution in [0, 0.1) is 6.92 Å². The van der Waals surface area contributed by atoms with Gasteiger partial charge in [0.05, 0.1) is 5.75 Å². The summed E-state index contributed by atoms with van der Waals surface area (Å²) in [5.74, 6) is 0.808. The van der Waals surface area contributed by atoms with Crippen LogP contribution in [0.2, 0.25) is 0 Å². The third-order valence-corrected chi connectivity index (χ3v) is 5.25. The minimum Gasteiger partial charge on any atom is -0.342 e. The normalized spacial score (nSPS) is 17.3. The molecule has 2 heterocycles. The molecule has 0 spiro atoms. The fourth-order valence-corrected chi connectivity index (χ4v) is 3.86. The molecule has 0 atom stereocenters. The van der Waals surface area contributed by atoms with Gasteiger partial charge in [0, 0.05) is 24.2 Å². The van der Waals surface area contributed by atoms with Gasteiger partial charge in [0.25, 0.3) is 0 Å². The number of carbonyl (C=O) groups excluding carboxylic acids is 1. The second-order valence-electron chi connectivity index (χ2n) is 4.69. The van der Waals surface area contributed by atoms with Crippen LogP contribution in [0.3, 0.4) is 0 Å². The Morgan fingerprint density at radius 1 is 1.33 bits per heavy atom. The average molecular weight is 284 g/mol. The average Bonchev–Trinajstić information content (AvgIpc) is 2.72. The van der Waals surface area contributed by atoms with E-state index < -0.39 is 0 Å². The Hall–Kier alpha value is -0.550. The van der Waals surface area contributed by atoms with E-state index in [1.807, 2.05) is 17.2 Å². The van der Waals surface area contributed by atoms with E-state index in [1.165, 1.54) is 19.3 Å². The maximum atomic E-state index is 12.1. The van der Waals surface area contributed by atoms with Crippen LogP contribution < -0.4 is 0 Å². The lowest BCUT2D eigenvalue weighted by Gasteiger charge is -2.24. The second-order valence-corrected chi connectivity index (χ2v) is 6.77. The lowest BCUT2D eigenvalue weighted by Crippen LogP contribution is -2.35. The van der Waals surface area contributed by atoms with E-state index in [4.69, 9.17) is 0 Å². The van der Waals surface area contributed by atoms with Gasteiger partial charge in [-0.1, -0.05) is 31.0 Å². The van der Waals surface area contributed by atoms with E-state index in [0.717, 1.165) is 36.0 Å². The van der Waals surface area contributed by atoms with Crippen molar-refractivity contribution in [2.24, 2.45) is 0 Å². The summed E-state index contributed by atoms with van der Waals surface area (Å²) >= 11 is 3.20. The van der Waals surface area contributed by atoms with Crippen molar-refractivity contribution in [3.05, 3.63) is 11.1 Å². The molecule has 0 aromatic carbocycles. The van der Waals surface area contributed by atoms with Crippen LogP contribution in [0.4, 0.5) is 0 Å². The highest BCUT2D eigenvalue weighted by atomic mass is 32.2. The number of nitrogens with zero attached hydrogens (tertiary/aromatic N) is 2. The van der Waals surface area contributed by atoms with Crippen LogP contribution >= 0.6 is 23.1 Å². The van der Waals surface area contributed by atoms with Crippen LogP contribution in [0.15, 0.2) is 9.72 Å². The Morgan fingerprint density at radius 3 is 2.61 bits per heavy atom. The van der Waals surface area contributed by atoms with Gasteiger partial charge < -0.3 is 4.90 Å². The summed E-state index contributed by atoms with van der Waals surface area (Å²) < 4.78 is 1.01. The lowest BCUT2D eigenvalue weighted by molar-refractivity contribution is -0.128. The van der Waals surface area contributed by atoms with Gasteiger partial charge in [0.1, 0.15) is 0 Å². The number of thiazole rings is 1. The molecular weight excluding hydrogens is 264 g/mol. The zero-order valence-electron chi connectivity index (χ0n) is 10.9. The summed E-state index contributed by atoms with van der Waals surface area (Å²) in [5, 5.41) is 2.03. The number of aryl methyl sites for hydroxylation is 1. The predicted molar refractivity (Wildman–Crippen MR) is 77.2 cm³/mol. The second kappa shape index (κ2) is 7.14. The fourth-order valence-electron chi connectivity index (χ4n) is 2.11. The van der Waals surface area contributed by atoms with E-state index in [2.05, 4.69) is 4.98 Å². The van der Waals surface area contributed by atoms with E-state index >= 15 is 0 Å². The van der Waals surface area contributed by atoms with Crippen LogP contribution in [-0.2, 0) is 4.79 Å². The van der Waals surface area contributed by atoms with Gasteiger partial charge in [-0.05, 0) is 19.8 Å². The van der Waals surface area contributed by atoms with E-state index in [9.17, 15) is 4.79 Å².